The maximum atomic E-state index is 12.4. The summed E-state index contributed by atoms with van der Waals surface area (Å²) in [6, 6.07) is 1.67. The van der Waals surface area contributed by atoms with Gasteiger partial charge in [-0.1, -0.05) is 6.42 Å². The van der Waals surface area contributed by atoms with E-state index >= 15 is 0 Å². The third-order valence-corrected chi connectivity index (χ3v) is 4.48. The van der Waals surface area contributed by atoms with Crippen LogP contribution in [-0.4, -0.2) is 28.6 Å². The van der Waals surface area contributed by atoms with E-state index in [1.165, 1.54) is 0 Å². The lowest BCUT2D eigenvalue weighted by Crippen LogP contribution is -2.33. The highest BCUT2D eigenvalue weighted by molar-refractivity contribution is 5.98. The average molecular weight is 306 g/mol. The number of hydrogen-bond donors (Lipinski definition) is 2. The Hall–Kier alpha value is -1.95. The molecule has 0 spiro atoms. The van der Waals surface area contributed by atoms with Gasteiger partial charge in [0.25, 0.3) is 11.6 Å². The van der Waals surface area contributed by atoms with Gasteiger partial charge in [0, 0.05) is 23.6 Å². The summed E-state index contributed by atoms with van der Waals surface area (Å²) < 4.78 is 0. The molecule has 1 saturated carbocycles. The van der Waals surface area contributed by atoms with Crippen molar-refractivity contribution in [1.29, 1.82) is 0 Å². The number of amides is 1. The Morgan fingerprint density at radius 2 is 2.05 bits per heavy atom. The first-order valence-electron chi connectivity index (χ1n) is 7.54. The summed E-state index contributed by atoms with van der Waals surface area (Å²) in [6.45, 7) is 5.47. The fraction of sp³-hybridized carbons (Fsp3) is 0.562. The van der Waals surface area contributed by atoms with Crippen molar-refractivity contribution < 1.29 is 14.8 Å². The quantitative estimate of drug-likeness (QED) is 0.660. The van der Waals surface area contributed by atoms with Crippen LogP contribution in [-0.2, 0) is 0 Å². The number of aliphatic hydroxyl groups excluding tert-OH is 1. The molecule has 1 aromatic rings. The van der Waals surface area contributed by atoms with Crippen LogP contribution < -0.4 is 5.32 Å². The first kappa shape index (κ1) is 16.4. The van der Waals surface area contributed by atoms with Crippen LogP contribution in [0.4, 0.5) is 5.69 Å². The highest BCUT2D eigenvalue weighted by Gasteiger charge is 2.27. The number of nitro groups is 1. The van der Waals surface area contributed by atoms with Crippen LogP contribution in [0.3, 0.4) is 0 Å². The molecule has 2 atom stereocenters. The van der Waals surface area contributed by atoms with Gasteiger partial charge in [0.1, 0.15) is 0 Å². The maximum absolute atomic E-state index is 12.4. The smallest absolute Gasteiger partial charge is 0.275 e. The van der Waals surface area contributed by atoms with Crippen molar-refractivity contribution in [1.82, 2.24) is 5.32 Å². The fourth-order valence-electron chi connectivity index (χ4n) is 3.37. The van der Waals surface area contributed by atoms with Crippen molar-refractivity contribution in [3.8, 4) is 0 Å². The molecule has 0 saturated heterocycles. The van der Waals surface area contributed by atoms with Crippen molar-refractivity contribution >= 4 is 11.6 Å². The van der Waals surface area contributed by atoms with Gasteiger partial charge in [-0.05, 0) is 45.2 Å². The van der Waals surface area contributed by atoms with Gasteiger partial charge in [0.2, 0.25) is 0 Å². The van der Waals surface area contributed by atoms with Gasteiger partial charge in [-0.25, -0.2) is 0 Å². The minimum absolute atomic E-state index is 0.00310. The lowest BCUT2D eigenvalue weighted by atomic mass is 9.96. The number of nitro benzene ring substituents is 1. The molecular weight excluding hydrogens is 284 g/mol. The molecule has 0 aliphatic heterocycles. The molecule has 2 rings (SSSR count). The Morgan fingerprint density at radius 3 is 2.59 bits per heavy atom. The summed E-state index contributed by atoms with van der Waals surface area (Å²) in [7, 11) is 0. The summed E-state index contributed by atoms with van der Waals surface area (Å²) >= 11 is 0. The minimum Gasteiger partial charge on any atom is -0.393 e. The Morgan fingerprint density at radius 1 is 1.36 bits per heavy atom. The third kappa shape index (κ3) is 3.11. The predicted octanol–water partition coefficient (Wildman–Crippen LogP) is 2.41. The van der Waals surface area contributed by atoms with Crippen molar-refractivity contribution in [3.05, 3.63) is 38.4 Å². The molecule has 6 heteroatoms. The van der Waals surface area contributed by atoms with Crippen molar-refractivity contribution in [2.75, 3.05) is 6.54 Å². The second-order valence-corrected chi connectivity index (χ2v) is 6.08. The lowest BCUT2D eigenvalue weighted by Gasteiger charge is -2.17. The number of carbonyl (C=O) groups is 1. The monoisotopic (exact) mass is 306 g/mol. The van der Waals surface area contributed by atoms with Gasteiger partial charge >= 0.3 is 0 Å². The molecule has 1 aliphatic rings. The Balaban J connectivity index is 2.22. The van der Waals surface area contributed by atoms with Gasteiger partial charge in [-0.2, -0.15) is 0 Å². The van der Waals surface area contributed by atoms with Crippen LogP contribution in [0.25, 0.3) is 0 Å². The number of nitrogens with zero attached hydrogens (tertiary/aromatic N) is 1. The van der Waals surface area contributed by atoms with Crippen LogP contribution >= 0.6 is 0 Å². The zero-order valence-corrected chi connectivity index (χ0v) is 13.2. The molecule has 1 aliphatic carbocycles. The number of benzene rings is 1. The van der Waals surface area contributed by atoms with Crippen LogP contribution in [0.5, 0.6) is 0 Å². The van der Waals surface area contributed by atoms with Gasteiger partial charge < -0.3 is 10.4 Å². The first-order valence-corrected chi connectivity index (χ1v) is 7.54. The number of rotatable bonds is 4. The third-order valence-electron chi connectivity index (χ3n) is 4.48. The summed E-state index contributed by atoms with van der Waals surface area (Å²) in [5.74, 6) is -0.234. The van der Waals surface area contributed by atoms with E-state index in [4.69, 9.17) is 0 Å². The zero-order valence-electron chi connectivity index (χ0n) is 13.2. The van der Waals surface area contributed by atoms with E-state index < -0.39 is 4.92 Å². The molecule has 22 heavy (non-hydrogen) atoms. The second-order valence-electron chi connectivity index (χ2n) is 6.08. The standard InChI is InChI=1S/C16H22N2O4/c1-9-7-10(2)15(18(21)22)11(3)14(9)16(20)17-8-12-5-4-6-13(12)19/h7,12-13,19H,4-6,8H2,1-3H3,(H,17,20). The van der Waals surface area contributed by atoms with Crippen molar-refractivity contribution in [3.63, 3.8) is 0 Å². The lowest BCUT2D eigenvalue weighted by molar-refractivity contribution is -0.386. The summed E-state index contributed by atoms with van der Waals surface area (Å²) in [5, 5.41) is 23.8. The first-order chi connectivity index (χ1) is 10.3. The van der Waals surface area contributed by atoms with Gasteiger partial charge in [0.15, 0.2) is 0 Å². The largest absolute Gasteiger partial charge is 0.393 e. The van der Waals surface area contributed by atoms with Gasteiger partial charge in [-0.3, -0.25) is 14.9 Å². The molecule has 0 heterocycles. The second kappa shape index (κ2) is 6.44. The van der Waals surface area contributed by atoms with Gasteiger partial charge in [-0.15, -0.1) is 0 Å². The molecule has 1 amide bonds. The molecule has 0 aromatic heterocycles. The molecule has 0 bridgehead atoms. The number of nitrogens with one attached hydrogen (secondary N) is 1. The van der Waals surface area contributed by atoms with Crippen molar-refractivity contribution in [2.45, 2.75) is 46.1 Å². The highest BCUT2D eigenvalue weighted by Crippen LogP contribution is 2.29. The Labute approximate surface area is 129 Å². The Kier molecular flexibility index (Phi) is 4.81. The molecule has 1 fully saturated rings. The molecule has 0 radical (unpaired) electrons. The average Bonchev–Trinajstić information content (AvgIpc) is 2.80. The molecule has 2 unspecified atom stereocenters. The van der Waals surface area contributed by atoms with E-state index in [0.717, 1.165) is 24.8 Å². The summed E-state index contributed by atoms with van der Waals surface area (Å²) in [4.78, 5) is 23.2. The van der Waals surface area contributed by atoms with E-state index in [-0.39, 0.29) is 23.6 Å². The van der Waals surface area contributed by atoms with E-state index in [0.29, 0.717) is 23.2 Å². The molecular formula is C16H22N2O4. The van der Waals surface area contributed by atoms with E-state index in [2.05, 4.69) is 5.32 Å². The number of carbonyl (C=O) groups excluding carboxylic acids is 1. The van der Waals surface area contributed by atoms with Crippen LogP contribution in [0.2, 0.25) is 0 Å². The molecule has 6 nitrogen and oxygen atoms in total. The highest BCUT2D eigenvalue weighted by atomic mass is 16.6. The normalized spacial score (nSPS) is 20.9. The number of aryl methyl sites for hydroxylation is 2. The topological polar surface area (TPSA) is 92.5 Å². The summed E-state index contributed by atoms with van der Waals surface area (Å²) in [5.41, 5.74) is 2.04. The Bertz CT molecular complexity index is 613. The molecule has 2 N–H and O–H groups in total. The minimum atomic E-state index is -0.443. The van der Waals surface area contributed by atoms with Crippen LogP contribution in [0.15, 0.2) is 6.07 Å². The summed E-state index contributed by atoms with van der Waals surface area (Å²) in [6.07, 6.45) is 2.27. The van der Waals surface area contributed by atoms with E-state index in [1.807, 2.05) is 0 Å². The van der Waals surface area contributed by atoms with Crippen LogP contribution in [0.1, 0.15) is 46.3 Å². The molecule has 1 aromatic carbocycles. The maximum Gasteiger partial charge on any atom is 0.275 e. The fourth-order valence-corrected chi connectivity index (χ4v) is 3.37. The van der Waals surface area contributed by atoms with E-state index in [9.17, 15) is 20.0 Å². The molecule has 120 valence electrons. The van der Waals surface area contributed by atoms with Gasteiger partial charge in [0.05, 0.1) is 16.6 Å². The van der Waals surface area contributed by atoms with Crippen LogP contribution in [0, 0.1) is 36.8 Å². The zero-order chi connectivity index (χ0) is 16.4. The SMILES string of the molecule is Cc1cc(C)c([N+](=O)[O-])c(C)c1C(=O)NCC1CCCC1O. The number of aliphatic hydroxyl groups is 1. The number of hydrogen-bond acceptors (Lipinski definition) is 4. The predicted molar refractivity (Wildman–Crippen MR) is 83.0 cm³/mol. The van der Waals surface area contributed by atoms with Crippen molar-refractivity contribution in [2.24, 2.45) is 5.92 Å². The van der Waals surface area contributed by atoms with E-state index in [1.54, 1.807) is 26.8 Å².